The van der Waals surface area contributed by atoms with E-state index in [4.69, 9.17) is 9.47 Å². The molecule has 0 N–H and O–H groups in total. The Bertz CT molecular complexity index is 888. The van der Waals surface area contributed by atoms with E-state index in [0.717, 1.165) is 35.2 Å². The SMILES string of the molecule is CCOc1cc2c(cc1OCC)CN(C(=O)CSc1ccc(C(F)(F)F)cn1)CC2. The van der Waals surface area contributed by atoms with Gasteiger partial charge in [0.25, 0.3) is 0 Å². The van der Waals surface area contributed by atoms with E-state index in [0.29, 0.717) is 49.2 Å². The normalized spacial score (nSPS) is 13.7. The van der Waals surface area contributed by atoms with E-state index in [1.54, 1.807) is 4.90 Å². The number of fused-ring (bicyclic) bond motifs is 1. The summed E-state index contributed by atoms with van der Waals surface area (Å²) in [6.07, 6.45) is -2.93. The first-order chi connectivity index (χ1) is 14.3. The van der Waals surface area contributed by atoms with Crippen LogP contribution in [0.4, 0.5) is 13.2 Å². The van der Waals surface area contributed by atoms with Gasteiger partial charge < -0.3 is 14.4 Å². The van der Waals surface area contributed by atoms with E-state index in [1.165, 1.54) is 6.07 Å². The highest BCUT2D eigenvalue weighted by molar-refractivity contribution is 7.99. The number of amides is 1. The molecule has 1 aromatic heterocycles. The Labute approximate surface area is 177 Å². The van der Waals surface area contributed by atoms with Crippen molar-refractivity contribution in [3.8, 4) is 11.5 Å². The molecule has 2 heterocycles. The van der Waals surface area contributed by atoms with Gasteiger partial charge in [-0.05, 0) is 55.7 Å². The van der Waals surface area contributed by atoms with Crippen LogP contribution >= 0.6 is 11.8 Å². The number of hydrogen-bond donors (Lipinski definition) is 0. The van der Waals surface area contributed by atoms with Crippen LogP contribution in [-0.4, -0.2) is 41.3 Å². The summed E-state index contributed by atoms with van der Waals surface area (Å²) >= 11 is 1.13. The maximum absolute atomic E-state index is 12.6. The molecule has 1 aliphatic heterocycles. The van der Waals surface area contributed by atoms with Crippen molar-refractivity contribution >= 4 is 17.7 Å². The Balaban J connectivity index is 1.63. The van der Waals surface area contributed by atoms with Crippen molar-refractivity contribution in [2.45, 2.75) is 38.0 Å². The zero-order valence-corrected chi connectivity index (χ0v) is 17.6. The first-order valence-corrected chi connectivity index (χ1v) is 10.7. The highest BCUT2D eigenvalue weighted by Crippen LogP contribution is 2.34. The molecule has 0 unspecified atom stereocenters. The van der Waals surface area contributed by atoms with E-state index in [9.17, 15) is 18.0 Å². The molecule has 0 saturated carbocycles. The van der Waals surface area contributed by atoms with Crippen molar-refractivity contribution in [3.63, 3.8) is 0 Å². The minimum atomic E-state index is -4.42. The molecule has 1 aliphatic rings. The lowest BCUT2D eigenvalue weighted by Crippen LogP contribution is -2.37. The molecule has 5 nitrogen and oxygen atoms in total. The molecule has 30 heavy (non-hydrogen) atoms. The number of hydrogen-bond acceptors (Lipinski definition) is 5. The first-order valence-electron chi connectivity index (χ1n) is 9.67. The molecule has 0 radical (unpaired) electrons. The number of nitrogens with zero attached hydrogens (tertiary/aromatic N) is 2. The Kier molecular flexibility index (Phi) is 7.12. The molecule has 9 heteroatoms. The minimum Gasteiger partial charge on any atom is -0.490 e. The first kappa shape index (κ1) is 22.3. The number of carbonyl (C=O) groups excluding carboxylic acids is 1. The molecule has 0 bridgehead atoms. The Hall–Kier alpha value is -2.42. The topological polar surface area (TPSA) is 51.7 Å². The summed E-state index contributed by atoms with van der Waals surface area (Å²) in [5, 5.41) is 0.383. The smallest absolute Gasteiger partial charge is 0.417 e. The van der Waals surface area contributed by atoms with Crippen LogP contribution in [0.1, 0.15) is 30.5 Å². The average Bonchev–Trinajstić information content (AvgIpc) is 2.72. The van der Waals surface area contributed by atoms with E-state index in [2.05, 4.69) is 4.98 Å². The van der Waals surface area contributed by atoms with Crippen molar-refractivity contribution in [2.75, 3.05) is 25.5 Å². The van der Waals surface area contributed by atoms with E-state index >= 15 is 0 Å². The van der Waals surface area contributed by atoms with Crippen LogP contribution in [0.5, 0.6) is 11.5 Å². The molecule has 1 aromatic carbocycles. The second-order valence-electron chi connectivity index (χ2n) is 6.67. The number of rotatable bonds is 7. The van der Waals surface area contributed by atoms with Gasteiger partial charge >= 0.3 is 6.18 Å². The molecule has 0 saturated heterocycles. The fourth-order valence-electron chi connectivity index (χ4n) is 3.17. The Morgan fingerprint density at radius 1 is 1.13 bits per heavy atom. The Morgan fingerprint density at radius 3 is 2.37 bits per heavy atom. The van der Waals surface area contributed by atoms with Crippen molar-refractivity contribution in [2.24, 2.45) is 0 Å². The van der Waals surface area contributed by atoms with Crippen LogP contribution in [0.2, 0.25) is 0 Å². The highest BCUT2D eigenvalue weighted by Gasteiger charge is 2.30. The zero-order chi connectivity index (χ0) is 21.7. The maximum atomic E-state index is 12.6. The lowest BCUT2D eigenvalue weighted by molar-refractivity contribution is -0.138. The number of halogens is 3. The number of thioether (sulfide) groups is 1. The standard InChI is InChI=1S/C21H23F3N2O3S/c1-3-28-17-9-14-7-8-26(12-15(14)10-18(17)29-4-2)20(27)13-30-19-6-5-16(11-25-19)21(22,23)24/h5-6,9-11H,3-4,7-8,12-13H2,1-2H3. The summed E-state index contributed by atoms with van der Waals surface area (Å²) in [5.74, 6) is 1.40. The third kappa shape index (κ3) is 5.38. The van der Waals surface area contributed by atoms with Crippen molar-refractivity contribution in [1.29, 1.82) is 0 Å². The van der Waals surface area contributed by atoms with E-state index < -0.39 is 11.7 Å². The van der Waals surface area contributed by atoms with Gasteiger partial charge in [0, 0.05) is 19.3 Å². The van der Waals surface area contributed by atoms with Gasteiger partial charge in [-0.25, -0.2) is 4.98 Å². The summed E-state index contributed by atoms with van der Waals surface area (Å²) < 4.78 is 49.2. The second kappa shape index (κ2) is 9.59. The van der Waals surface area contributed by atoms with Crippen LogP contribution < -0.4 is 9.47 Å². The van der Waals surface area contributed by atoms with Gasteiger partial charge in [-0.3, -0.25) is 4.79 Å². The molecule has 162 valence electrons. The quantitative estimate of drug-likeness (QED) is 0.590. The van der Waals surface area contributed by atoms with E-state index in [1.807, 2.05) is 26.0 Å². The fourth-order valence-corrected chi connectivity index (χ4v) is 3.92. The van der Waals surface area contributed by atoms with Gasteiger partial charge in [-0.15, -0.1) is 0 Å². The summed E-state index contributed by atoms with van der Waals surface area (Å²) in [6, 6.07) is 6.17. The van der Waals surface area contributed by atoms with Gasteiger partial charge in [-0.2, -0.15) is 13.2 Å². The van der Waals surface area contributed by atoms with Crippen LogP contribution in [0.3, 0.4) is 0 Å². The lowest BCUT2D eigenvalue weighted by atomic mass is 9.99. The van der Waals surface area contributed by atoms with Crippen LogP contribution in [0, 0.1) is 0 Å². The number of carbonyl (C=O) groups is 1. The highest BCUT2D eigenvalue weighted by atomic mass is 32.2. The van der Waals surface area contributed by atoms with Gasteiger partial charge in [0.1, 0.15) is 0 Å². The molecule has 3 rings (SSSR count). The zero-order valence-electron chi connectivity index (χ0n) is 16.8. The summed E-state index contributed by atoms with van der Waals surface area (Å²) in [5.41, 5.74) is 1.34. The summed E-state index contributed by atoms with van der Waals surface area (Å²) in [7, 11) is 0. The monoisotopic (exact) mass is 440 g/mol. The van der Waals surface area contributed by atoms with Crippen LogP contribution in [0.15, 0.2) is 35.5 Å². The van der Waals surface area contributed by atoms with Gasteiger partial charge in [-0.1, -0.05) is 11.8 Å². The number of alkyl halides is 3. The van der Waals surface area contributed by atoms with Crippen molar-refractivity contribution < 1.29 is 27.4 Å². The number of aromatic nitrogens is 1. The molecule has 2 aromatic rings. The van der Waals surface area contributed by atoms with Crippen LogP contribution in [0.25, 0.3) is 0 Å². The predicted molar refractivity (Wildman–Crippen MR) is 108 cm³/mol. The van der Waals surface area contributed by atoms with Crippen molar-refractivity contribution in [3.05, 3.63) is 47.2 Å². The second-order valence-corrected chi connectivity index (χ2v) is 7.67. The molecular weight excluding hydrogens is 417 g/mol. The molecule has 0 spiro atoms. The minimum absolute atomic E-state index is 0.0841. The third-order valence-corrected chi connectivity index (χ3v) is 5.57. The lowest BCUT2D eigenvalue weighted by Gasteiger charge is -2.29. The van der Waals surface area contributed by atoms with Gasteiger partial charge in [0.05, 0.1) is 29.6 Å². The van der Waals surface area contributed by atoms with Gasteiger partial charge in [0.2, 0.25) is 5.91 Å². The average molecular weight is 440 g/mol. The predicted octanol–water partition coefficient (Wildman–Crippen LogP) is 4.57. The molecule has 0 aliphatic carbocycles. The third-order valence-electron chi connectivity index (χ3n) is 4.64. The van der Waals surface area contributed by atoms with E-state index in [-0.39, 0.29) is 11.7 Å². The summed E-state index contributed by atoms with van der Waals surface area (Å²) in [4.78, 5) is 18.2. The molecular formula is C21H23F3N2O3S. The fraction of sp³-hybridized carbons (Fsp3) is 0.429. The number of benzene rings is 1. The van der Waals surface area contributed by atoms with Crippen LogP contribution in [-0.2, 0) is 23.9 Å². The molecule has 1 amide bonds. The number of pyridine rings is 1. The van der Waals surface area contributed by atoms with Crippen molar-refractivity contribution in [1.82, 2.24) is 9.88 Å². The van der Waals surface area contributed by atoms with Gasteiger partial charge in [0.15, 0.2) is 11.5 Å². The maximum Gasteiger partial charge on any atom is 0.417 e. The largest absolute Gasteiger partial charge is 0.490 e. The summed E-state index contributed by atoms with van der Waals surface area (Å²) in [6.45, 7) is 5.90. The Morgan fingerprint density at radius 2 is 1.80 bits per heavy atom. The molecule has 0 atom stereocenters. The number of ether oxygens (including phenoxy) is 2. The molecule has 0 fully saturated rings.